The second-order valence-electron chi connectivity index (χ2n) is 3.55. The summed E-state index contributed by atoms with van der Waals surface area (Å²) in [6.45, 7) is 0.322. The highest BCUT2D eigenvalue weighted by atomic mass is 32.1. The van der Waals surface area contributed by atoms with Gasteiger partial charge in [-0.2, -0.15) is 0 Å². The summed E-state index contributed by atoms with van der Waals surface area (Å²) in [5, 5.41) is 26.1. The van der Waals surface area contributed by atoms with Crippen molar-refractivity contribution in [2.75, 3.05) is 5.32 Å². The summed E-state index contributed by atoms with van der Waals surface area (Å²) in [5.41, 5.74) is 1.98. The molecule has 0 bridgehead atoms. The van der Waals surface area contributed by atoms with Crippen LogP contribution in [0.5, 0.6) is 0 Å². The van der Waals surface area contributed by atoms with E-state index in [-0.39, 0.29) is 17.1 Å². The summed E-state index contributed by atoms with van der Waals surface area (Å²) in [6, 6.07) is 3.47. The molecule has 0 unspecified atom stereocenters. The van der Waals surface area contributed by atoms with Gasteiger partial charge < -0.3 is 5.32 Å². The topological polar surface area (TPSA) is 111 Å². The number of nitrogens with zero attached hydrogens (tertiary/aromatic N) is 3. The van der Waals surface area contributed by atoms with Crippen LogP contribution in [-0.2, 0) is 6.54 Å². The first kappa shape index (κ1) is 12.9. The Morgan fingerprint density at radius 3 is 2.63 bits per heavy atom. The van der Waals surface area contributed by atoms with E-state index in [0.717, 1.165) is 11.8 Å². The van der Waals surface area contributed by atoms with Gasteiger partial charge in [-0.15, -0.1) is 11.3 Å². The number of nitrogens with one attached hydrogen (secondary N) is 1. The summed E-state index contributed by atoms with van der Waals surface area (Å²) in [7, 11) is 0. The Morgan fingerprint density at radius 2 is 2.05 bits per heavy atom. The van der Waals surface area contributed by atoms with Crippen LogP contribution in [0.1, 0.15) is 5.69 Å². The van der Waals surface area contributed by atoms with Crippen LogP contribution in [0, 0.1) is 20.2 Å². The molecule has 9 heteroatoms. The third-order valence-corrected chi connectivity index (χ3v) is 2.97. The lowest BCUT2D eigenvalue weighted by Crippen LogP contribution is -2.03. The standard InChI is InChI=1S/C10H8N4O4S/c15-13(16)8-1-2-9(10(3-8)14(17)18)11-4-7-5-19-6-12-7/h1-3,5-6,11H,4H2. The fourth-order valence-corrected chi connectivity index (χ4v) is 2.00. The Balaban J connectivity index is 2.24. The summed E-state index contributed by atoms with van der Waals surface area (Å²) in [6.07, 6.45) is 0. The Kier molecular flexibility index (Phi) is 3.66. The fourth-order valence-electron chi connectivity index (χ4n) is 1.44. The lowest BCUT2D eigenvalue weighted by molar-refractivity contribution is -0.393. The van der Waals surface area contributed by atoms with Gasteiger partial charge in [0.1, 0.15) is 5.69 Å². The molecule has 1 heterocycles. The SMILES string of the molecule is O=[N+]([O-])c1ccc(NCc2cscn2)c([N+](=O)[O-])c1. The minimum atomic E-state index is -0.669. The zero-order valence-corrected chi connectivity index (χ0v) is 10.3. The van der Waals surface area contributed by atoms with Crippen molar-refractivity contribution < 1.29 is 9.85 Å². The molecule has 0 aliphatic carbocycles. The lowest BCUT2D eigenvalue weighted by atomic mass is 10.2. The Bertz CT molecular complexity index is 614. The summed E-state index contributed by atoms with van der Waals surface area (Å²) < 4.78 is 0. The molecule has 8 nitrogen and oxygen atoms in total. The predicted octanol–water partition coefficient (Wildman–Crippen LogP) is 2.57. The number of anilines is 1. The maximum absolute atomic E-state index is 10.9. The van der Waals surface area contributed by atoms with Gasteiger partial charge in [0, 0.05) is 11.4 Å². The maximum atomic E-state index is 10.9. The van der Waals surface area contributed by atoms with Gasteiger partial charge in [-0.3, -0.25) is 20.2 Å². The first-order valence-electron chi connectivity index (χ1n) is 5.11. The molecule has 0 spiro atoms. The Hall–Kier alpha value is -2.55. The number of thiazole rings is 1. The molecule has 0 aliphatic rings. The molecular formula is C10H8N4O4S. The highest BCUT2D eigenvalue weighted by Crippen LogP contribution is 2.29. The number of rotatable bonds is 5. The first-order valence-corrected chi connectivity index (χ1v) is 6.06. The summed E-state index contributed by atoms with van der Waals surface area (Å²) >= 11 is 1.42. The number of aromatic nitrogens is 1. The Morgan fingerprint density at radius 1 is 1.26 bits per heavy atom. The van der Waals surface area contributed by atoms with E-state index in [4.69, 9.17) is 0 Å². The van der Waals surface area contributed by atoms with E-state index in [0.29, 0.717) is 6.54 Å². The van der Waals surface area contributed by atoms with Crippen LogP contribution in [0.15, 0.2) is 29.1 Å². The van der Waals surface area contributed by atoms with Crippen LogP contribution < -0.4 is 5.32 Å². The van der Waals surface area contributed by atoms with Gasteiger partial charge in [0.2, 0.25) is 0 Å². The van der Waals surface area contributed by atoms with Crippen molar-refractivity contribution in [3.63, 3.8) is 0 Å². The van der Waals surface area contributed by atoms with Crippen molar-refractivity contribution in [2.24, 2.45) is 0 Å². The average Bonchev–Trinajstić information content (AvgIpc) is 2.89. The van der Waals surface area contributed by atoms with E-state index in [1.54, 1.807) is 5.51 Å². The van der Waals surface area contributed by atoms with E-state index >= 15 is 0 Å². The largest absolute Gasteiger partial charge is 0.374 e. The first-order chi connectivity index (χ1) is 9.08. The fraction of sp³-hybridized carbons (Fsp3) is 0.100. The maximum Gasteiger partial charge on any atom is 0.299 e. The van der Waals surface area contributed by atoms with Crippen LogP contribution in [-0.4, -0.2) is 14.8 Å². The van der Waals surface area contributed by atoms with Gasteiger partial charge in [-0.1, -0.05) is 0 Å². The van der Waals surface area contributed by atoms with E-state index in [9.17, 15) is 20.2 Å². The van der Waals surface area contributed by atoms with Crippen molar-refractivity contribution in [3.8, 4) is 0 Å². The second kappa shape index (κ2) is 5.40. The molecule has 19 heavy (non-hydrogen) atoms. The predicted molar refractivity (Wildman–Crippen MR) is 69.2 cm³/mol. The number of nitro benzene ring substituents is 2. The molecule has 1 N–H and O–H groups in total. The quantitative estimate of drug-likeness (QED) is 0.665. The van der Waals surface area contributed by atoms with E-state index in [1.807, 2.05) is 5.38 Å². The number of hydrogen-bond donors (Lipinski definition) is 1. The molecule has 1 aromatic carbocycles. The van der Waals surface area contributed by atoms with Crippen molar-refractivity contribution >= 4 is 28.4 Å². The van der Waals surface area contributed by atoms with Gasteiger partial charge in [0.25, 0.3) is 11.4 Å². The molecule has 2 rings (SSSR count). The monoisotopic (exact) mass is 280 g/mol. The van der Waals surface area contributed by atoms with Crippen LogP contribution >= 0.6 is 11.3 Å². The van der Waals surface area contributed by atoms with Crippen molar-refractivity contribution in [2.45, 2.75) is 6.54 Å². The molecule has 0 radical (unpaired) electrons. The highest BCUT2D eigenvalue weighted by molar-refractivity contribution is 7.07. The van der Waals surface area contributed by atoms with Gasteiger partial charge in [0.05, 0.1) is 33.7 Å². The molecule has 0 amide bonds. The number of benzene rings is 1. The number of nitro groups is 2. The van der Waals surface area contributed by atoms with Crippen LogP contribution in [0.25, 0.3) is 0 Å². The molecule has 0 atom stereocenters. The zero-order chi connectivity index (χ0) is 13.8. The zero-order valence-electron chi connectivity index (χ0n) is 9.48. The smallest absolute Gasteiger partial charge is 0.299 e. The minimum Gasteiger partial charge on any atom is -0.374 e. The van der Waals surface area contributed by atoms with Gasteiger partial charge in [-0.25, -0.2) is 4.98 Å². The van der Waals surface area contributed by atoms with Crippen LogP contribution in [0.3, 0.4) is 0 Å². The van der Waals surface area contributed by atoms with E-state index in [2.05, 4.69) is 10.3 Å². The highest BCUT2D eigenvalue weighted by Gasteiger charge is 2.19. The second-order valence-corrected chi connectivity index (χ2v) is 4.27. The van der Waals surface area contributed by atoms with E-state index in [1.165, 1.54) is 23.5 Å². The van der Waals surface area contributed by atoms with Crippen LogP contribution in [0.4, 0.5) is 17.1 Å². The van der Waals surface area contributed by atoms with E-state index < -0.39 is 9.85 Å². The molecule has 0 aliphatic heterocycles. The van der Waals surface area contributed by atoms with Gasteiger partial charge in [-0.05, 0) is 6.07 Å². The molecule has 98 valence electrons. The molecule has 0 saturated heterocycles. The number of hydrogen-bond acceptors (Lipinski definition) is 7. The molecule has 2 aromatic rings. The van der Waals surface area contributed by atoms with Crippen LogP contribution in [0.2, 0.25) is 0 Å². The minimum absolute atomic E-state index is 0.226. The van der Waals surface area contributed by atoms with Crippen molar-refractivity contribution in [1.29, 1.82) is 0 Å². The van der Waals surface area contributed by atoms with Crippen molar-refractivity contribution in [1.82, 2.24) is 4.98 Å². The van der Waals surface area contributed by atoms with Gasteiger partial charge in [0.15, 0.2) is 0 Å². The number of non-ortho nitro benzene ring substituents is 1. The normalized spacial score (nSPS) is 10.1. The molecular weight excluding hydrogens is 272 g/mol. The third kappa shape index (κ3) is 3.01. The Labute approximate surface area is 111 Å². The molecule has 0 fully saturated rings. The molecule has 1 aromatic heterocycles. The summed E-state index contributed by atoms with van der Waals surface area (Å²) in [5.74, 6) is 0. The third-order valence-electron chi connectivity index (χ3n) is 2.33. The molecule has 0 saturated carbocycles. The average molecular weight is 280 g/mol. The summed E-state index contributed by atoms with van der Waals surface area (Å²) in [4.78, 5) is 24.2. The van der Waals surface area contributed by atoms with Gasteiger partial charge >= 0.3 is 0 Å². The van der Waals surface area contributed by atoms with Crippen molar-refractivity contribution in [3.05, 3.63) is 55.0 Å². The lowest BCUT2D eigenvalue weighted by Gasteiger charge is -2.05.